The summed E-state index contributed by atoms with van der Waals surface area (Å²) in [5.74, 6) is 0.0861. The first-order chi connectivity index (χ1) is 11.0. The minimum absolute atomic E-state index is 0.101. The minimum atomic E-state index is -0.444. The molecule has 0 radical (unpaired) electrons. The first-order valence-electron chi connectivity index (χ1n) is 7.32. The van der Waals surface area contributed by atoms with Crippen LogP contribution in [0.1, 0.15) is 22.3 Å². The van der Waals surface area contributed by atoms with Crippen LogP contribution in [0.3, 0.4) is 0 Å². The van der Waals surface area contributed by atoms with Crippen LogP contribution in [-0.4, -0.2) is 25.5 Å². The van der Waals surface area contributed by atoms with Gasteiger partial charge in [0.2, 0.25) is 5.91 Å². The maximum Gasteiger partial charge on any atom is 0.258 e. The Morgan fingerprint density at radius 3 is 2.17 bits per heavy atom. The second kappa shape index (κ2) is 7.45. The summed E-state index contributed by atoms with van der Waals surface area (Å²) in [5, 5.41) is 0. The molecule has 2 aromatic rings. The van der Waals surface area contributed by atoms with Crippen LogP contribution in [0.25, 0.3) is 0 Å². The van der Waals surface area contributed by atoms with Crippen LogP contribution >= 0.6 is 0 Å². The van der Waals surface area contributed by atoms with E-state index in [0.717, 1.165) is 5.56 Å². The van der Waals surface area contributed by atoms with Crippen molar-refractivity contribution in [2.45, 2.75) is 13.3 Å². The molecule has 120 valence electrons. The molecule has 0 aliphatic heterocycles. The Balaban J connectivity index is 2.29. The van der Waals surface area contributed by atoms with E-state index in [1.54, 1.807) is 48.4 Å². The predicted octanol–water partition coefficient (Wildman–Crippen LogP) is 2.53. The fourth-order valence-corrected chi connectivity index (χ4v) is 2.18. The van der Waals surface area contributed by atoms with E-state index in [2.05, 4.69) is 0 Å². The average molecular weight is 312 g/mol. The highest BCUT2D eigenvalue weighted by atomic mass is 16.5. The Morgan fingerprint density at radius 1 is 1.04 bits per heavy atom. The van der Waals surface area contributed by atoms with Crippen LogP contribution in [0, 0.1) is 6.92 Å². The number of methoxy groups -OCH3 is 1. The number of carbonyl (C=O) groups is 2. The van der Waals surface area contributed by atoms with Crippen molar-refractivity contribution in [1.29, 1.82) is 0 Å². The Kier molecular flexibility index (Phi) is 5.36. The van der Waals surface area contributed by atoms with Crippen LogP contribution in [0.4, 0.5) is 5.69 Å². The third-order valence-corrected chi connectivity index (χ3v) is 3.51. The lowest BCUT2D eigenvalue weighted by atomic mass is 10.1. The van der Waals surface area contributed by atoms with Gasteiger partial charge in [-0.2, -0.15) is 0 Å². The molecule has 0 fully saturated rings. The number of primary amides is 1. The molecule has 0 bridgehead atoms. The van der Waals surface area contributed by atoms with Gasteiger partial charge >= 0.3 is 0 Å². The molecule has 23 heavy (non-hydrogen) atoms. The third kappa shape index (κ3) is 4.32. The molecule has 0 heterocycles. The Morgan fingerprint density at radius 2 is 1.65 bits per heavy atom. The molecule has 0 saturated heterocycles. The molecular formula is C18H20N2O3. The van der Waals surface area contributed by atoms with Gasteiger partial charge in [-0.05, 0) is 43.3 Å². The normalized spacial score (nSPS) is 10.2. The number of benzene rings is 2. The van der Waals surface area contributed by atoms with E-state index in [4.69, 9.17) is 10.5 Å². The van der Waals surface area contributed by atoms with Crippen LogP contribution in [-0.2, 0) is 4.79 Å². The van der Waals surface area contributed by atoms with E-state index in [9.17, 15) is 9.59 Å². The molecule has 0 unspecified atom stereocenters. The molecule has 0 aliphatic rings. The van der Waals surface area contributed by atoms with Crippen LogP contribution < -0.4 is 15.4 Å². The average Bonchev–Trinajstić information content (AvgIpc) is 2.56. The molecule has 2 N–H and O–H groups in total. The van der Waals surface area contributed by atoms with Crippen LogP contribution in [0.2, 0.25) is 0 Å². The highest BCUT2D eigenvalue weighted by Crippen LogP contribution is 2.21. The number of amides is 2. The highest BCUT2D eigenvalue weighted by Gasteiger charge is 2.18. The number of hydrogen-bond acceptors (Lipinski definition) is 3. The van der Waals surface area contributed by atoms with Crippen molar-refractivity contribution in [3.05, 3.63) is 59.7 Å². The lowest BCUT2D eigenvalue weighted by molar-refractivity contribution is -0.117. The van der Waals surface area contributed by atoms with Gasteiger partial charge in [-0.15, -0.1) is 0 Å². The molecule has 2 amide bonds. The SMILES string of the molecule is COc1ccc(N(CCC(N)=O)C(=O)c2ccc(C)cc2)cc1. The third-order valence-electron chi connectivity index (χ3n) is 3.51. The second-order valence-electron chi connectivity index (χ2n) is 5.24. The molecule has 0 saturated carbocycles. The van der Waals surface area contributed by atoms with Crippen molar-refractivity contribution in [3.63, 3.8) is 0 Å². The van der Waals surface area contributed by atoms with E-state index in [0.29, 0.717) is 17.0 Å². The zero-order valence-corrected chi connectivity index (χ0v) is 13.3. The van der Waals surface area contributed by atoms with Gasteiger partial charge in [-0.3, -0.25) is 9.59 Å². The van der Waals surface area contributed by atoms with Gasteiger partial charge in [-0.25, -0.2) is 0 Å². The highest BCUT2D eigenvalue weighted by molar-refractivity contribution is 6.06. The van der Waals surface area contributed by atoms with Gasteiger partial charge in [0.05, 0.1) is 7.11 Å². The number of rotatable bonds is 6. The molecule has 0 aromatic heterocycles. The molecular weight excluding hydrogens is 292 g/mol. The number of aryl methyl sites for hydroxylation is 1. The summed E-state index contributed by atoms with van der Waals surface area (Å²) in [6.45, 7) is 2.19. The summed E-state index contributed by atoms with van der Waals surface area (Å²) in [7, 11) is 1.58. The summed E-state index contributed by atoms with van der Waals surface area (Å²) in [5.41, 5.74) is 7.56. The number of ether oxygens (including phenoxy) is 1. The van der Waals surface area contributed by atoms with Crippen LogP contribution in [0.15, 0.2) is 48.5 Å². The minimum Gasteiger partial charge on any atom is -0.497 e. The Labute approximate surface area is 135 Å². The van der Waals surface area contributed by atoms with Gasteiger partial charge in [-0.1, -0.05) is 17.7 Å². The van der Waals surface area contributed by atoms with Crippen molar-refractivity contribution in [2.24, 2.45) is 5.73 Å². The fraction of sp³-hybridized carbons (Fsp3) is 0.222. The number of nitrogens with two attached hydrogens (primary N) is 1. The van der Waals surface area contributed by atoms with Crippen molar-refractivity contribution in [3.8, 4) is 5.75 Å². The van der Waals surface area contributed by atoms with Gasteiger partial charge in [0.15, 0.2) is 0 Å². The van der Waals surface area contributed by atoms with E-state index in [1.807, 2.05) is 19.1 Å². The first-order valence-corrected chi connectivity index (χ1v) is 7.32. The lowest BCUT2D eigenvalue weighted by Crippen LogP contribution is -2.34. The van der Waals surface area contributed by atoms with E-state index in [1.165, 1.54) is 0 Å². The zero-order chi connectivity index (χ0) is 16.8. The lowest BCUT2D eigenvalue weighted by Gasteiger charge is -2.22. The monoisotopic (exact) mass is 312 g/mol. The Bertz CT molecular complexity index is 678. The van der Waals surface area contributed by atoms with Crippen LogP contribution in [0.5, 0.6) is 5.75 Å². The molecule has 5 heteroatoms. The maximum absolute atomic E-state index is 12.8. The second-order valence-corrected chi connectivity index (χ2v) is 5.24. The largest absolute Gasteiger partial charge is 0.497 e. The smallest absolute Gasteiger partial charge is 0.258 e. The molecule has 0 aliphatic carbocycles. The molecule has 0 spiro atoms. The number of nitrogens with zero attached hydrogens (tertiary/aromatic N) is 1. The summed E-state index contributed by atoms with van der Waals surface area (Å²) in [6.07, 6.45) is 0.101. The summed E-state index contributed by atoms with van der Waals surface area (Å²) < 4.78 is 5.13. The fourth-order valence-electron chi connectivity index (χ4n) is 2.18. The Hall–Kier alpha value is -2.82. The zero-order valence-electron chi connectivity index (χ0n) is 13.3. The van der Waals surface area contributed by atoms with E-state index in [-0.39, 0.29) is 18.9 Å². The molecule has 2 rings (SSSR count). The van der Waals surface area contributed by atoms with E-state index >= 15 is 0 Å². The van der Waals surface area contributed by atoms with Gasteiger partial charge in [0, 0.05) is 24.2 Å². The van der Waals surface area contributed by atoms with Crippen molar-refractivity contribution >= 4 is 17.5 Å². The van der Waals surface area contributed by atoms with Gasteiger partial charge in [0.1, 0.15) is 5.75 Å². The van der Waals surface area contributed by atoms with Crippen molar-refractivity contribution in [2.75, 3.05) is 18.6 Å². The number of anilines is 1. The van der Waals surface area contributed by atoms with E-state index < -0.39 is 5.91 Å². The summed E-state index contributed by atoms with van der Waals surface area (Å²) >= 11 is 0. The summed E-state index contributed by atoms with van der Waals surface area (Å²) in [6, 6.07) is 14.4. The number of hydrogen-bond donors (Lipinski definition) is 1. The molecule has 2 aromatic carbocycles. The summed E-state index contributed by atoms with van der Waals surface area (Å²) in [4.78, 5) is 25.4. The van der Waals surface area contributed by atoms with Gasteiger partial charge in [0.25, 0.3) is 5.91 Å². The maximum atomic E-state index is 12.8. The molecule has 0 atom stereocenters. The first kappa shape index (κ1) is 16.5. The standard InChI is InChI=1S/C18H20N2O3/c1-13-3-5-14(6-4-13)18(22)20(12-11-17(19)21)15-7-9-16(23-2)10-8-15/h3-10H,11-12H2,1-2H3,(H2,19,21). The van der Waals surface area contributed by atoms with Crippen molar-refractivity contribution in [1.82, 2.24) is 0 Å². The topological polar surface area (TPSA) is 72.6 Å². The predicted molar refractivity (Wildman–Crippen MR) is 89.7 cm³/mol. The quantitative estimate of drug-likeness (QED) is 0.891. The van der Waals surface area contributed by atoms with Crippen molar-refractivity contribution < 1.29 is 14.3 Å². The van der Waals surface area contributed by atoms with Gasteiger partial charge < -0.3 is 15.4 Å². The molecule has 5 nitrogen and oxygen atoms in total. The number of carbonyl (C=O) groups excluding carboxylic acids is 2.